The van der Waals surface area contributed by atoms with Gasteiger partial charge < -0.3 is 9.47 Å². The molecule has 0 aromatic carbocycles. The first-order chi connectivity index (χ1) is 9.19. The Labute approximate surface area is 115 Å². The van der Waals surface area contributed by atoms with Crippen molar-refractivity contribution >= 4 is 11.8 Å². The van der Waals surface area contributed by atoms with Crippen LogP contribution >= 0.6 is 0 Å². The maximum absolute atomic E-state index is 11.8. The van der Waals surface area contributed by atoms with Crippen molar-refractivity contribution in [2.24, 2.45) is 11.8 Å². The number of methoxy groups -OCH3 is 1. The Bertz CT molecular complexity index is 322. The number of carbonyl (C=O) groups is 2. The van der Waals surface area contributed by atoms with Crippen LogP contribution in [0.15, 0.2) is 12.2 Å². The molecule has 0 saturated heterocycles. The second-order valence-corrected chi connectivity index (χ2v) is 4.90. The maximum atomic E-state index is 11.8. The quantitative estimate of drug-likeness (QED) is 0.385. The molecule has 0 spiro atoms. The summed E-state index contributed by atoms with van der Waals surface area (Å²) in [6.45, 7) is 2.60. The first-order valence-electron chi connectivity index (χ1n) is 7.01. The summed E-state index contributed by atoms with van der Waals surface area (Å²) in [4.78, 5) is 22.7. The standard InChI is InChI=1S/C15H24O4/c1-3-4-5-6-13-12(7-8-14(13)16)9-10-19-11-15(17)18-2/h4-5,12-13H,3,6-11H2,1-2H3/b5-4-/t12-,13-/m1/s1. The zero-order valence-electron chi connectivity index (χ0n) is 11.9. The highest BCUT2D eigenvalue weighted by Gasteiger charge is 2.33. The number of esters is 1. The van der Waals surface area contributed by atoms with Gasteiger partial charge >= 0.3 is 5.97 Å². The Balaban J connectivity index is 2.29. The van der Waals surface area contributed by atoms with E-state index in [1.54, 1.807) is 0 Å². The molecular formula is C15H24O4. The Hall–Kier alpha value is -1.16. The Morgan fingerprint density at radius 1 is 1.42 bits per heavy atom. The van der Waals surface area contributed by atoms with Crippen molar-refractivity contribution in [2.45, 2.75) is 39.0 Å². The van der Waals surface area contributed by atoms with Crippen LogP contribution in [0.2, 0.25) is 0 Å². The zero-order valence-corrected chi connectivity index (χ0v) is 11.9. The number of hydrogen-bond donors (Lipinski definition) is 0. The minimum Gasteiger partial charge on any atom is -0.467 e. The van der Waals surface area contributed by atoms with Crippen molar-refractivity contribution in [1.29, 1.82) is 0 Å². The lowest BCUT2D eigenvalue weighted by Gasteiger charge is -2.16. The van der Waals surface area contributed by atoms with Gasteiger partial charge in [0, 0.05) is 18.9 Å². The van der Waals surface area contributed by atoms with Gasteiger partial charge in [-0.05, 0) is 31.6 Å². The van der Waals surface area contributed by atoms with E-state index in [0.29, 0.717) is 24.7 Å². The summed E-state index contributed by atoms with van der Waals surface area (Å²) >= 11 is 0. The molecule has 0 N–H and O–H groups in total. The molecule has 0 amide bonds. The van der Waals surface area contributed by atoms with Crippen LogP contribution in [0.4, 0.5) is 0 Å². The van der Waals surface area contributed by atoms with Gasteiger partial charge in [0.05, 0.1) is 7.11 Å². The fourth-order valence-electron chi connectivity index (χ4n) is 2.51. The number of allylic oxidation sites excluding steroid dienone is 2. The van der Waals surface area contributed by atoms with E-state index in [-0.39, 0.29) is 18.5 Å². The molecule has 0 aromatic heterocycles. The van der Waals surface area contributed by atoms with Crippen molar-refractivity contribution in [1.82, 2.24) is 0 Å². The van der Waals surface area contributed by atoms with Gasteiger partial charge in [0.1, 0.15) is 12.4 Å². The first-order valence-corrected chi connectivity index (χ1v) is 7.01. The van der Waals surface area contributed by atoms with Crippen molar-refractivity contribution in [3.8, 4) is 0 Å². The first kappa shape index (κ1) is 15.9. The van der Waals surface area contributed by atoms with Gasteiger partial charge in [-0.25, -0.2) is 4.79 Å². The molecule has 0 radical (unpaired) electrons. The van der Waals surface area contributed by atoms with Gasteiger partial charge in [-0.15, -0.1) is 0 Å². The number of hydrogen-bond acceptors (Lipinski definition) is 4. The minimum absolute atomic E-state index is 0.00241. The van der Waals surface area contributed by atoms with E-state index in [9.17, 15) is 9.59 Å². The van der Waals surface area contributed by atoms with Crippen molar-refractivity contribution < 1.29 is 19.1 Å². The number of ketones is 1. The van der Waals surface area contributed by atoms with Crippen LogP contribution in [0.1, 0.15) is 39.0 Å². The molecule has 1 rings (SSSR count). The third-order valence-electron chi connectivity index (χ3n) is 3.62. The number of carbonyl (C=O) groups excluding carboxylic acids is 2. The van der Waals surface area contributed by atoms with Crippen LogP contribution in [0.25, 0.3) is 0 Å². The van der Waals surface area contributed by atoms with E-state index >= 15 is 0 Å². The van der Waals surface area contributed by atoms with E-state index in [1.807, 2.05) is 0 Å². The molecule has 1 aliphatic carbocycles. The average Bonchev–Trinajstić information content (AvgIpc) is 2.76. The molecule has 0 aliphatic heterocycles. The summed E-state index contributed by atoms with van der Waals surface area (Å²) in [6.07, 6.45) is 8.54. The highest BCUT2D eigenvalue weighted by molar-refractivity contribution is 5.83. The molecule has 19 heavy (non-hydrogen) atoms. The molecule has 108 valence electrons. The van der Waals surface area contributed by atoms with E-state index in [0.717, 1.165) is 25.7 Å². The van der Waals surface area contributed by atoms with E-state index in [2.05, 4.69) is 23.8 Å². The lowest BCUT2D eigenvalue weighted by molar-refractivity contribution is -0.146. The molecule has 4 heteroatoms. The van der Waals surface area contributed by atoms with Crippen molar-refractivity contribution in [3.63, 3.8) is 0 Å². The Morgan fingerprint density at radius 3 is 2.89 bits per heavy atom. The second kappa shape index (κ2) is 8.86. The summed E-state index contributed by atoms with van der Waals surface area (Å²) in [6, 6.07) is 0. The van der Waals surface area contributed by atoms with E-state index in [1.165, 1.54) is 7.11 Å². The van der Waals surface area contributed by atoms with Gasteiger partial charge in [0.15, 0.2) is 0 Å². The molecule has 1 aliphatic rings. The summed E-state index contributed by atoms with van der Waals surface area (Å²) in [5.41, 5.74) is 0. The van der Waals surface area contributed by atoms with Gasteiger partial charge in [-0.2, -0.15) is 0 Å². The highest BCUT2D eigenvalue weighted by Crippen LogP contribution is 2.34. The monoisotopic (exact) mass is 268 g/mol. The zero-order chi connectivity index (χ0) is 14.1. The van der Waals surface area contributed by atoms with E-state index in [4.69, 9.17) is 4.74 Å². The van der Waals surface area contributed by atoms with Crippen molar-refractivity contribution in [3.05, 3.63) is 12.2 Å². The summed E-state index contributed by atoms with van der Waals surface area (Å²) < 4.78 is 9.75. The number of rotatable bonds is 8. The smallest absolute Gasteiger partial charge is 0.331 e. The second-order valence-electron chi connectivity index (χ2n) is 4.90. The lowest BCUT2D eigenvalue weighted by Crippen LogP contribution is -2.17. The normalized spacial score (nSPS) is 23.2. The third-order valence-corrected chi connectivity index (χ3v) is 3.62. The summed E-state index contributed by atoms with van der Waals surface area (Å²) in [5, 5.41) is 0. The van der Waals surface area contributed by atoms with Gasteiger partial charge in [0.25, 0.3) is 0 Å². The predicted molar refractivity (Wildman–Crippen MR) is 72.7 cm³/mol. The molecule has 0 aromatic rings. The topological polar surface area (TPSA) is 52.6 Å². The highest BCUT2D eigenvalue weighted by atomic mass is 16.6. The van der Waals surface area contributed by atoms with Gasteiger partial charge in [-0.3, -0.25) is 4.79 Å². The molecule has 2 atom stereocenters. The minimum atomic E-state index is -0.357. The fraction of sp³-hybridized carbons (Fsp3) is 0.733. The fourth-order valence-corrected chi connectivity index (χ4v) is 2.51. The average molecular weight is 268 g/mol. The van der Waals surface area contributed by atoms with Crippen LogP contribution in [0, 0.1) is 11.8 Å². The lowest BCUT2D eigenvalue weighted by atomic mass is 9.90. The van der Waals surface area contributed by atoms with Crippen LogP contribution in [-0.2, 0) is 19.1 Å². The molecule has 0 bridgehead atoms. The Morgan fingerprint density at radius 2 is 2.21 bits per heavy atom. The SMILES string of the molecule is CC/C=C\C[C@H]1C(=O)CC[C@@H]1CCOCC(=O)OC. The maximum Gasteiger partial charge on any atom is 0.331 e. The number of Topliss-reactive ketones (excluding diaryl/α,β-unsaturated/α-hetero) is 1. The van der Waals surface area contributed by atoms with Crippen LogP contribution in [0.3, 0.4) is 0 Å². The molecule has 0 unspecified atom stereocenters. The molecule has 1 fully saturated rings. The van der Waals surface area contributed by atoms with E-state index < -0.39 is 0 Å². The Kier molecular flexibility index (Phi) is 7.41. The van der Waals surface area contributed by atoms with Crippen molar-refractivity contribution in [2.75, 3.05) is 20.3 Å². The molecule has 4 nitrogen and oxygen atoms in total. The van der Waals surface area contributed by atoms with Gasteiger partial charge in [0.2, 0.25) is 0 Å². The van der Waals surface area contributed by atoms with Gasteiger partial charge in [-0.1, -0.05) is 19.1 Å². The summed E-state index contributed by atoms with van der Waals surface area (Å²) in [7, 11) is 1.34. The molecule has 0 heterocycles. The van der Waals surface area contributed by atoms with Crippen LogP contribution in [0.5, 0.6) is 0 Å². The predicted octanol–water partition coefficient (Wildman–Crippen LogP) is 2.52. The third kappa shape index (κ3) is 5.55. The number of ether oxygens (including phenoxy) is 2. The molecular weight excluding hydrogens is 244 g/mol. The van der Waals surface area contributed by atoms with Crippen LogP contribution < -0.4 is 0 Å². The summed E-state index contributed by atoms with van der Waals surface area (Å²) in [5.74, 6) is 0.555. The molecule has 1 saturated carbocycles. The van der Waals surface area contributed by atoms with Crippen LogP contribution in [-0.4, -0.2) is 32.1 Å². The largest absolute Gasteiger partial charge is 0.467 e.